The molecular formula is C19H18N6O3. The van der Waals surface area contributed by atoms with Gasteiger partial charge < -0.3 is 19.7 Å². The maximum absolute atomic E-state index is 6.26. The van der Waals surface area contributed by atoms with E-state index in [0.29, 0.717) is 28.7 Å². The molecule has 2 heterocycles. The van der Waals surface area contributed by atoms with Gasteiger partial charge in [-0.2, -0.15) is 9.67 Å². The van der Waals surface area contributed by atoms with Crippen LogP contribution in [-0.2, 0) is 0 Å². The lowest BCUT2D eigenvalue weighted by Crippen LogP contribution is -2.03. The summed E-state index contributed by atoms with van der Waals surface area (Å²) in [5, 5.41) is 12.3. The Balaban J connectivity index is 1.73. The van der Waals surface area contributed by atoms with E-state index in [4.69, 9.17) is 19.7 Å². The summed E-state index contributed by atoms with van der Waals surface area (Å²) in [6.45, 7) is 1.98. The molecule has 28 heavy (non-hydrogen) atoms. The lowest BCUT2D eigenvalue weighted by atomic mass is 10.1. The van der Waals surface area contributed by atoms with Crippen LogP contribution in [0.2, 0.25) is 0 Å². The Kier molecular flexibility index (Phi) is 4.40. The van der Waals surface area contributed by atoms with Crippen molar-refractivity contribution in [2.45, 2.75) is 6.92 Å². The molecule has 0 aliphatic carbocycles. The van der Waals surface area contributed by atoms with Gasteiger partial charge in [-0.15, -0.1) is 5.10 Å². The Morgan fingerprint density at radius 2 is 1.75 bits per heavy atom. The Labute approximate surface area is 160 Å². The standard InChI is InChI=1S/C19H18N6O3/c1-11-6-4-5-7-15(11)18-21-19(28-23-18)16-17(20)25(24-22-16)12-8-13(26-2)10-14(9-12)27-3/h4-10H,20H2,1-3H3. The van der Waals surface area contributed by atoms with Gasteiger partial charge in [-0.1, -0.05) is 34.6 Å². The second-order valence-corrected chi connectivity index (χ2v) is 6.04. The summed E-state index contributed by atoms with van der Waals surface area (Å²) in [6, 6.07) is 13.1. The van der Waals surface area contributed by atoms with Gasteiger partial charge in [0, 0.05) is 23.8 Å². The third-order valence-electron chi connectivity index (χ3n) is 4.30. The number of methoxy groups -OCH3 is 2. The van der Waals surface area contributed by atoms with Gasteiger partial charge in [0.05, 0.1) is 19.9 Å². The van der Waals surface area contributed by atoms with E-state index in [1.807, 2.05) is 31.2 Å². The third kappa shape index (κ3) is 3.02. The van der Waals surface area contributed by atoms with Crippen molar-refractivity contribution in [2.75, 3.05) is 20.0 Å². The zero-order valence-electron chi connectivity index (χ0n) is 15.6. The summed E-state index contributed by atoms with van der Waals surface area (Å²) in [4.78, 5) is 4.42. The van der Waals surface area contributed by atoms with Gasteiger partial charge >= 0.3 is 0 Å². The molecule has 142 valence electrons. The number of hydrogen-bond donors (Lipinski definition) is 1. The molecule has 2 aromatic carbocycles. The largest absolute Gasteiger partial charge is 0.497 e. The van der Waals surface area contributed by atoms with Crippen molar-refractivity contribution in [3.05, 3.63) is 48.0 Å². The predicted octanol–water partition coefficient (Wildman–Crippen LogP) is 2.89. The number of hydrogen-bond acceptors (Lipinski definition) is 8. The van der Waals surface area contributed by atoms with Crippen LogP contribution in [0.25, 0.3) is 28.7 Å². The Bertz CT molecular complexity index is 1110. The van der Waals surface area contributed by atoms with Crippen LogP contribution in [0.5, 0.6) is 11.5 Å². The number of benzene rings is 2. The molecule has 4 rings (SSSR count). The fourth-order valence-electron chi connectivity index (χ4n) is 2.80. The van der Waals surface area contributed by atoms with Crippen LogP contribution in [0, 0.1) is 6.92 Å². The van der Waals surface area contributed by atoms with Crippen molar-refractivity contribution in [3.63, 3.8) is 0 Å². The number of aryl methyl sites for hydroxylation is 1. The minimum absolute atomic E-state index is 0.192. The molecule has 0 aliphatic heterocycles. The smallest absolute Gasteiger partial charge is 0.282 e. The van der Waals surface area contributed by atoms with E-state index in [9.17, 15) is 0 Å². The van der Waals surface area contributed by atoms with Crippen LogP contribution in [0.15, 0.2) is 47.0 Å². The van der Waals surface area contributed by atoms with Gasteiger partial charge in [-0.3, -0.25) is 0 Å². The first-order chi connectivity index (χ1) is 13.6. The maximum Gasteiger partial charge on any atom is 0.282 e. The highest BCUT2D eigenvalue weighted by molar-refractivity contribution is 5.67. The fourth-order valence-corrected chi connectivity index (χ4v) is 2.80. The summed E-state index contributed by atoms with van der Waals surface area (Å²) in [6.07, 6.45) is 0. The average Bonchev–Trinajstić information content (AvgIpc) is 3.34. The molecule has 2 N–H and O–H groups in total. The van der Waals surface area contributed by atoms with E-state index in [-0.39, 0.29) is 11.7 Å². The number of nitrogen functional groups attached to an aromatic ring is 1. The number of nitrogens with zero attached hydrogens (tertiary/aromatic N) is 5. The molecule has 0 amide bonds. The number of ether oxygens (including phenoxy) is 2. The molecule has 0 fully saturated rings. The van der Waals surface area contributed by atoms with Crippen LogP contribution in [0.1, 0.15) is 5.56 Å². The maximum atomic E-state index is 6.26. The highest BCUT2D eigenvalue weighted by Crippen LogP contribution is 2.30. The van der Waals surface area contributed by atoms with E-state index in [0.717, 1.165) is 11.1 Å². The molecule has 9 nitrogen and oxygen atoms in total. The van der Waals surface area contributed by atoms with E-state index in [1.54, 1.807) is 32.4 Å². The number of anilines is 1. The summed E-state index contributed by atoms with van der Waals surface area (Å²) >= 11 is 0. The van der Waals surface area contributed by atoms with E-state index in [2.05, 4.69) is 20.5 Å². The van der Waals surface area contributed by atoms with Gasteiger partial charge in [0.1, 0.15) is 11.5 Å². The lowest BCUT2D eigenvalue weighted by Gasteiger charge is -2.08. The Hall–Kier alpha value is -3.88. The van der Waals surface area contributed by atoms with Crippen molar-refractivity contribution in [2.24, 2.45) is 0 Å². The van der Waals surface area contributed by atoms with Gasteiger partial charge in [-0.05, 0) is 12.5 Å². The molecule has 0 spiro atoms. The van der Waals surface area contributed by atoms with Gasteiger partial charge in [-0.25, -0.2) is 0 Å². The summed E-state index contributed by atoms with van der Waals surface area (Å²) in [5.41, 5.74) is 9.10. The van der Waals surface area contributed by atoms with Crippen molar-refractivity contribution in [1.82, 2.24) is 25.1 Å². The number of nitrogens with two attached hydrogens (primary N) is 1. The van der Waals surface area contributed by atoms with Crippen LogP contribution >= 0.6 is 0 Å². The Morgan fingerprint density at radius 3 is 2.43 bits per heavy atom. The minimum Gasteiger partial charge on any atom is -0.497 e. The molecule has 0 unspecified atom stereocenters. The lowest BCUT2D eigenvalue weighted by molar-refractivity contribution is 0.394. The van der Waals surface area contributed by atoms with Crippen molar-refractivity contribution in [3.8, 4) is 40.2 Å². The van der Waals surface area contributed by atoms with Gasteiger partial charge in [0.2, 0.25) is 5.82 Å². The first kappa shape index (κ1) is 17.5. The van der Waals surface area contributed by atoms with Crippen molar-refractivity contribution < 1.29 is 14.0 Å². The zero-order chi connectivity index (χ0) is 19.7. The predicted molar refractivity (Wildman–Crippen MR) is 102 cm³/mol. The summed E-state index contributed by atoms with van der Waals surface area (Å²) < 4.78 is 17.4. The Morgan fingerprint density at radius 1 is 1.04 bits per heavy atom. The first-order valence-corrected chi connectivity index (χ1v) is 8.45. The van der Waals surface area contributed by atoms with Crippen LogP contribution in [0.3, 0.4) is 0 Å². The molecule has 0 radical (unpaired) electrons. The molecule has 0 atom stereocenters. The quantitative estimate of drug-likeness (QED) is 0.564. The van der Waals surface area contributed by atoms with Crippen molar-refractivity contribution in [1.29, 1.82) is 0 Å². The summed E-state index contributed by atoms with van der Waals surface area (Å²) in [7, 11) is 3.14. The molecule has 0 bridgehead atoms. The second kappa shape index (κ2) is 7.03. The summed E-state index contributed by atoms with van der Waals surface area (Å²) in [5.74, 6) is 2.12. The second-order valence-electron chi connectivity index (χ2n) is 6.04. The number of rotatable bonds is 5. The van der Waals surface area contributed by atoms with E-state index in [1.165, 1.54) is 4.68 Å². The molecule has 0 saturated carbocycles. The SMILES string of the molecule is COc1cc(OC)cc(-n2nnc(-c3nc(-c4ccccc4C)no3)c2N)c1. The highest BCUT2D eigenvalue weighted by atomic mass is 16.5. The van der Waals surface area contributed by atoms with Gasteiger partial charge in [0.25, 0.3) is 5.89 Å². The molecule has 0 saturated heterocycles. The van der Waals surface area contributed by atoms with Crippen molar-refractivity contribution >= 4 is 5.82 Å². The number of aromatic nitrogens is 5. The fraction of sp³-hybridized carbons (Fsp3) is 0.158. The van der Waals surface area contributed by atoms with Crippen LogP contribution < -0.4 is 15.2 Å². The average molecular weight is 378 g/mol. The van der Waals surface area contributed by atoms with E-state index < -0.39 is 0 Å². The minimum atomic E-state index is 0.192. The molecule has 4 aromatic rings. The molecular weight excluding hydrogens is 360 g/mol. The zero-order valence-corrected chi connectivity index (χ0v) is 15.6. The monoisotopic (exact) mass is 378 g/mol. The first-order valence-electron chi connectivity index (χ1n) is 8.45. The van der Waals surface area contributed by atoms with E-state index >= 15 is 0 Å². The highest BCUT2D eigenvalue weighted by Gasteiger charge is 2.21. The molecule has 2 aromatic heterocycles. The topological polar surface area (TPSA) is 114 Å². The third-order valence-corrected chi connectivity index (χ3v) is 4.30. The van der Waals surface area contributed by atoms with Gasteiger partial charge in [0.15, 0.2) is 11.5 Å². The van der Waals surface area contributed by atoms with Crippen LogP contribution in [-0.4, -0.2) is 39.4 Å². The molecule has 9 heteroatoms. The normalized spacial score (nSPS) is 10.8. The van der Waals surface area contributed by atoms with Crippen LogP contribution in [0.4, 0.5) is 5.82 Å². The molecule has 0 aliphatic rings.